The monoisotopic (exact) mass is 429 g/mol. The van der Waals surface area contributed by atoms with E-state index < -0.39 is 6.98 Å². The zero-order valence-electron chi connectivity index (χ0n) is 21.7. The van der Waals surface area contributed by atoms with Gasteiger partial charge in [-0.1, -0.05) is 30.3 Å². The summed E-state index contributed by atoms with van der Waals surface area (Å²) in [5, 5.41) is 0. The number of nitrogens with zero attached hydrogens (tertiary/aromatic N) is 4. The molecule has 0 saturated heterocycles. The summed E-state index contributed by atoms with van der Waals surface area (Å²) in [5.41, 5.74) is 4.37. The Hall–Kier alpha value is -3.44. The highest BCUT2D eigenvalue weighted by atomic mass is 16.5. The number of hydrogen-bond acceptors (Lipinski definition) is 5. The van der Waals surface area contributed by atoms with Crippen molar-refractivity contribution >= 4 is 17.1 Å². The maximum Gasteiger partial charge on any atom is 0.129 e. The molecule has 2 heterocycles. The minimum absolute atomic E-state index is 0.0548. The lowest BCUT2D eigenvalue weighted by Gasteiger charge is -2.47. The summed E-state index contributed by atoms with van der Waals surface area (Å²) in [4.78, 5) is 7.87. The van der Waals surface area contributed by atoms with Gasteiger partial charge in [0.1, 0.15) is 11.5 Å². The number of benzene rings is 3. The van der Waals surface area contributed by atoms with E-state index in [9.17, 15) is 0 Å². The van der Waals surface area contributed by atoms with Gasteiger partial charge in [0.25, 0.3) is 0 Å². The summed E-state index contributed by atoms with van der Waals surface area (Å²) in [6.07, 6.45) is 3.37. The highest BCUT2D eigenvalue weighted by Gasteiger charge is 2.35. The Morgan fingerprint density at radius 2 is 1.56 bits per heavy atom. The van der Waals surface area contributed by atoms with Crippen LogP contribution in [0.1, 0.15) is 23.5 Å². The van der Waals surface area contributed by atoms with Crippen molar-refractivity contribution in [2.45, 2.75) is 19.4 Å². The Morgan fingerprint density at radius 1 is 0.844 bits per heavy atom. The molecule has 3 aromatic carbocycles. The van der Waals surface area contributed by atoms with Crippen molar-refractivity contribution in [1.29, 1.82) is 0 Å². The standard InChI is InChI=1S/C27H30N4O/c1-27(2)25-13-5-6-14-26(25)31(20-29(27)4)22-10-8-12-24(18-22)32-23-11-7-9-21(17-23)30-16-15-28(3)19-30/h5-18H,19-20H2,1-4H3/i3D3. The highest BCUT2D eigenvalue weighted by molar-refractivity contribution is 5.70. The largest absolute Gasteiger partial charge is 0.457 e. The fraction of sp³-hybridized carbons (Fsp3) is 0.259. The average Bonchev–Trinajstić information content (AvgIpc) is 3.33. The second kappa shape index (κ2) is 7.92. The molecule has 0 atom stereocenters. The quantitative estimate of drug-likeness (QED) is 0.511. The van der Waals surface area contributed by atoms with Gasteiger partial charge in [0.2, 0.25) is 0 Å². The van der Waals surface area contributed by atoms with Gasteiger partial charge in [0, 0.05) is 58.2 Å². The van der Waals surface area contributed by atoms with Crippen LogP contribution in [-0.2, 0) is 5.54 Å². The summed E-state index contributed by atoms with van der Waals surface area (Å²) < 4.78 is 29.1. The fourth-order valence-electron chi connectivity index (χ4n) is 4.28. The second-order valence-electron chi connectivity index (χ2n) is 8.82. The molecule has 0 fully saturated rings. The molecule has 2 aliphatic heterocycles. The van der Waals surface area contributed by atoms with Crippen molar-refractivity contribution in [2.75, 3.05) is 37.2 Å². The Morgan fingerprint density at radius 3 is 2.31 bits per heavy atom. The SMILES string of the molecule is [2H]C([2H])([2H])N1C=CN(c2cccc(Oc3cccc(N4CN(C)C(C)(C)c5ccccc54)c3)c2)C1. The second-order valence-corrected chi connectivity index (χ2v) is 8.82. The molecule has 3 aromatic rings. The highest BCUT2D eigenvalue weighted by Crippen LogP contribution is 2.42. The third kappa shape index (κ3) is 3.69. The molecule has 0 saturated carbocycles. The minimum atomic E-state index is -2.16. The Bertz CT molecular complexity index is 1260. The van der Waals surface area contributed by atoms with Crippen molar-refractivity contribution in [2.24, 2.45) is 0 Å². The molecule has 5 rings (SSSR count). The predicted octanol–water partition coefficient (Wildman–Crippen LogP) is 5.94. The maximum absolute atomic E-state index is 7.61. The van der Waals surface area contributed by atoms with E-state index in [0.29, 0.717) is 5.75 Å². The summed E-state index contributed by atoms with van der Waals surface area (Å²) in [5.74, 6) is 1.43. The molecule has 5 nitrogen and oxygen atoms in total. The molecule has 2 aliphatic rings. The molecule has 0 unspecified atom stereocenters. The minimum Gasteiger partial charge on any atom is -0.457 e. The van der Waals surface area contributed by atoms with Gasteiger partial charge < -0.3 is 19.4 Å². The number of ether oxygens (including phenoxy) is 1. The van der Waals surface area contributed by atoms with Crippen molar-refractivity contribution in [1.82, 2.24) is 9.80 Å². The first kappa shape index (κ1) is 17.2. The van der Waals surface area contributed by atoms with Crippen LogP contribution < -0.4 is 14.5 Å². The molecule has 0 bridgehead atoms. The molecular formula is C27H30N4O. The summed E-state index contributed by atoms with van der Waals surface area (Å²) in [6.45, 7) is 3.39. The van der Waals surface area contributed by atoms with Gasteiger partial charge in [0.15, 0.2) is 0 Å². The molecular weight excluding hydrogens is 396 g/mol. The summed E-state index contributed by atoms with van der Waals surface area (Å²) in [6, 6.07) is 24.4. The van der Waals surface area contributed by atoms with E-state index in [0.717, 1.165) is 23.8 Å². The maximum atomic E-state index is 7.61. The molecule has 5 heteroatoms. The lowest BCUT2D eigenvalue weighted by atomic mass is 9.88. The molecule has 0 radical (unpaired) electrons. The van der Waals surface area contributed by atoms with Gasteiger partial charge in [-0.2, -0.15) is 0 Å². The third-order valence-corrected chi connectivity index (χ3v) is 6.41. The third-order valence-electron chi connectivity index (χ3n) is 6.41. The first-order valence-corrected chi connectivity index (χ1v) is 10.8. The topological polar surface area (TPSA) is 22.2 Å². The number of hydrogen-bond donors (Lipinski definition) is 0. The molecule has 32 heavy (non-hydrogen) atoms. The van der Waals surface area contributed by atoms with E-state index in [1.807, 2.05) is 41.3 Å². The van der Waals surface area contributed by atoms with Gasteiger partial charge in [-0.25, -0.2) is 0 Å². The number of anilines is 3. The lowest BCUT2D eigenvalue weighted by molar-refractivity contribution is 0.150. The van der Waals surface area contributed by atoms with E-state index in [4.69, 9.17) is 8.85 Å². The normalized spacial score (nSPS) is 19.3. The van der Waals surface area contributed by atoms with Crippen LogP contribution in [0.3, 0.4) is 0 Å². The summed E-state index contributed by atoms with van der Waals surface area (Å²) >= 11 is 0. The van der Waals surface area contributed by atoms with Crippen LogP contribution in [0.15, 0.2) is 85.2 Å². The molecule has 0 amide bonds. The van der Waals surface area contributed by atoms with Gasteiger partial charge >= 0.3 is 0 Å². The Labute approximate surface area is 194 Å². The van der Waals surface area contributed by atoms with Crippen molar-refractivity contribution < 1.29 is 8.85 Å². The van der Waals surface area contributed by atoms with Gasteiger partial charge in [-0.05, 0) is 56.8 Å². The number of para-hydroxylation sites is 1. The fourth-order valence-corrected chi connectivity index (χ4v) is 4.28. The van der Waals surface area contributed by atoms with Gasteiger partial charge in [0.05, 0.1) is 13.3 Å². The molecule has 0 aliphatic carbocycles. The Balaban J connectivity index is 1.38. The van der Waals surface area contributed by atoms with Crippen molar-refractivity contribution in [3.8, 4) is 11.5 Å². The van der Waals surface area contributed by atoms with Crippen LogP contribution in [0, 0.1) is 0 Å². The van der Waals surface area contributed by atoms with Crippen LogP contribution in [0.5, 0.6) is 11.5 Å². The molecule has 0 N–H and O–H groups in total. The first-order chi connectivity index (χ1) is 16.6. The van der Waals surface area contributed by atoms with Crippen LogP contribution in [0.4, 0.5) is 17.1 Å². The smallest absolute Gasteiger partial charge is 0.129 e. The van der Waals surface area contributed by atoms with Gasteiger partial charge in [-0.15, -0.1) is 0 Å². The molecule has 0 spiro atoms. The van der Waals surface area contributed by atoms with E-state index in [-0.39, 0.29) is 12.2 Å². The molecule has 0 aromatic heterocycles. The molecule has 164 valence electrons. The zero-order valence-corrected chi connectivity index (χ0v) is 18.7. The van der Waals surface area contributed by atoms with E-state index >= 15 is 0 Å². The van der Waals surface area contributed by atoms with Crippen molar-refractivity contribution in [3.63, 3.8) is 0 Å². The average molecular weight is 430 g/mol. The zero-order chi connectivity index (χ0) is 24.8. The van der Waals surface area contributed by atoms with Crippen LogP contribution in [0.2, 0.25) is 0 Å². The van der Waals surface area contributed by atoms with Crippen molar-refractivity contribution in [3.05, 3.63) is 90.8 Å². The van der Waals surface area contributed by atoms with Crippen LogP contribution in [-0.4, -0.2) is 37.2 Å². The van der Waals surface area contributed by atoms with Crippen LogP contribution in [0.25, 0.3) is 0 Å². The van der Waals surface area contributed by atoms with Crippen LogP contribution >= 0.6 is 0 Å². The number of rotatable bonds is 4. The van der Waals surface area contributed by atoms with E-state index in [1.165, 1.54) is 16.2 Å². The van der Waals surface area contributed by atoms with E-state index in [1.54, 1.807) is 12.4 Å². The summed E-state index contributed by atoms with van der Waals surface area (Å²) in [7, 11) is 2.15. The first-order valence-electron chi connectivity index (χ1n) is 12.3. The predicted molar refractivity (Wildman–Crippen MR) is 131 cm³/mol. The van der Waals surface area contributed by atoms with E-state index in [2.05, 4.69) is 67.1 Å². The Kier molecular flexibility index (Phi) is 4.24. The van der Waals surface area contributed by atoms with Gasteiger partial charge in [-0.3, -0.25) is 4.90 Å². The lowest BCUT2D eigenvalue weighted by Crippen LogP contribution is -2.49. The number of fused-ring (bicyclic) bond motifs is 1.